The highest BCUT2D eigenvalue weighted by Gasteiger charge is 2.10. The van der Waals surface area contributed by atoms with Gasteiger partial charge in [0.05, 0.1) is 22.0 Å². The second-order valence-corrected chi connectivity index (χ2v) is 6.93. The first kappa shape index (κ1) is 22.0. The number of carboxylic acids is 1. The van der Waals surface area contributed by atoms with Crippen LogP contribution in [-0.2, 0) is 4.79 Å². The molecule has 8 heteroatoms. The minimum Gasteiger partial charge on any atom is -0.482 e. The predicted octanol–water partition coefficient (Wildman–Crippen LogP) is 5.25. The molecule has 0 aliphatic carbocycles. The summed E-state index contributed by atoms with van der Waals surface area (Å²) in [4.78, 5) is 27.5. The molecule has 3 aromatic rings. The molecule has 3 rings (SSSR count). The minimum atomic E-state index is -1.02. The van der Waals surface area contributed by atoms with Crippen LogP contribution in [0.3, 0.4) is 0 Å². The van der Waals surface area contributed by atoms with Crippen LogP contribution in [0.15, 0.2) is 65.7 Å². The molecule has 6 nitrogen and oxygen atoms in total. The summed E-state index contributed by atoms with van der Waals surface area (Å²) >= 11 is 6.22. The SMILES string of the molecule is Cc1c(N=Cc2ccc(OCC(=O)Nc3ccccc3F)c(Cl)c2)cccc1C(=O)O. The molecule has 0 atom stereocenters. The Morgan fingerprint density at radius 2 is 1.94 bits per heavy atom. The molecule has 0 radical (unpaired) electrons. The van der Waals surface area contributed by atoms with Crippen molar-refractivity contribution in [3.05, 3.63) is 88.2 Å². The van der Waals surface area contributed by atoms with Gasteiger partial charge in [-0.2, -0.15) is 0 Å². The molecule has 0 aliphatic heterocycles. The number of hydrogen-bond acceptors (Lipinski definition) is 4. The van der Waals surface area contributed by atoms with Crippen molar-refractivity contribution in [2.24, 2.45) is 4.99 Å². The van der Waals surface area contributed by atoms with Gasteiger partial charge in [0.25, 0.3) is 5.91 Å². The lowest BCUT2D eigenvalue weighted by atomic mass is 10.1. The van der Waals surface area contributed by atoms with E-state index in [1.54, 1.807) is 49.5 Å². The van der Waals surface area contributed by atoms with Crippen molar-refractivity contribution in [1.29, 1.82) is 0 Å². The van der Waals surface area contributed by atoms with E-state index in [1.807, 2.05) is 0 Å². The van der Waals surface area contributed by atoms with E-state index in [0.29, 0.717) is 16.8 Å². The molecule has 3 aromatic carbocycles. The lowest BCUT2D eigenvalue weighted by Crippen LogP contribution is -2.20. The number of rotatable bonds is 7. The van der Waals surface area contributed by atoms with Crippen molar-refractivity contribution in [1.82, 2.24) is 0 Å². The topological polar surface area (TPSA) is 88.0 Å². The Labute approximate surface area is 183 Å². The molecule has 158 valence electrons. The largest absolute Gasteiger partial charge is 0.482 e. The van der Waals surface area contributed by atoms with E-state index >= 15 is 0 Å². The monoisotopic (exact) mass is 440 g/mol. The van der Waals surface area contributed by atoms with Gasteiger partial charge in [-0.15, -0.1) is 0 Å². The Morgan fingerprint density at radius 1 is 1.16 bits per heavy atom. The number of anilines is 1. The molecule has 0 spiro atoms. The van der Waals surface area contributed by atoms with Crippen LogP contribution in [0.4, 0.5) is 15.8 Å². The summed E-state index contributed by atoms with van der Waals surface area (Å²) < 4.78 is 19.0. The zero-order valence-corrected chi connectivity index (χ0v) is 17.2. The average molecular weight is 441 g/mol. The summed E-state index contributed by atoms with van der Waals surface area (Å²) in [6.45, 7) is 1.34. The number of carbonyl (C=O) groups excluding carboxylic acids is 1. The predicted molar refractivity (Wildman–Crippen MR) is 117 cm³/mol. The minimum absolute atomic E-state index is 0.0658. The molecule has 0 saturated carbocycles. The number of halogens is 2. The number of nitrogens with one attached hydrogen (secondary N) is 1. The van der Waals surface area contributed by atoms with Crippen molar-refractivity contribution >= 4 is 41.1 Å². The first-order valence-electron chi connectivity index (χ1n) is 9.19. The molecule has 0 heterocycles. The average Bonchev–Trinajstić information content (AvgIpc) is 2.74. The summed E-state index contributed by atoms with van der Waals surface area (Å²) in [6.07, 6.45) is 1.55. The van der Waals surface area contributed by atoms with Crippen molar-refractivity contribution in [3.63, 3.8) is 0 Å². The third-order valence-corrected chi connectivity index (χ3v) is 4.65. The van der Waals surface area contributed by atoms with Gasteiger partial charge in [0.15, 0.2) is 6.61 Å². The van der Waals surface area contributed by atoms with Gasteiger partial charge in [-0.25, -0.2) is 9.18 Å². The van der Waals surface area contributed by atoms with Crippen LogP contribution in [0, 0.1) is 12.7 Å². The van der Waals surface area contributed by atoms with Crippen LogP contribution < -0.4 is 10.1 Å². The van der Waals surface area contributed by atoms with Crippen LogP contribution in [0.1, 0.15) is 21.5 Å². The molecule has 1 amide bonds. The number of benzene rings is 3. The number of hydrogen-bond donors (Lipinski definition) is 2. The highest BCUT2D eigenvalue weighted by molar-refractivity contribution is 6.32. The third kappa shape index (κ3) is 5.67. The van der Waals surface area contributed by atoms with E-state index in [1.165, 1.54) is 24.3 Å². The van der Waals surface area contributed by atoms with Crippen LogP contribution in [0.25, 0.3) is 0 Å². The van der Waals surface area contributed by atoms with E-state index in [0.717, 1.165) is 0 Å². The maximum absolute atomic E-state index is 13.6. The lowest BCUT2D eigenvalue weighted by molar-refractivity contribution is -0.118. The van der Waals surface area contributed by atoms with Gasteiger partial charge in [0.1, 0.15) is 11.6 Å². The Bertz CT molecular complexity index is 1160. The standard InChI is InChI=1S/C23H18ClFN2O4/c1-14-16(23(29)30)5-4-8-19(14)26-12-15-9-10-21(17(24)11-15)31-13-22(28)27-20-7-3-2-6-18(20)25/h2-12H,13H2,1H3,(H,27,28)(H,29,30). The fraction of sp³-hybridized carbons (Fsp3) is 0.0870. The van der Waals surface area contributed by atoms with Crippen LogP contribution >= 0.6 is 11.6 Å². The van der Waals surface area contributed by atoms with E-state index in [2.05, 4.69) is 10.3 Å². The summed E-state index contributed by atoms with van der Waals surface area (Å²) in [5.74, 6) is -1.80. The Hall–Kier alpha value is -3.71. The van der Waals surface area contributed by atoms with E-state index in [4.69, 9.17) is 16.3 Å². The summed E-state index contributed by atoms with van der Waals surface area (Å²) in [5.41, 5.74) is 1.99. The quantitative estimate of drug-likeness (QED) is 0.491. The molecule has 0 bridgehead atoms. The highest BCUT2D eigenvalue weighted by atomic mass is 35.5. The number of carbonyl (C=O) groups is 2. The molecule has 2 N–H and O–H groups in total. The van der Waals surface area contributed by atoms with Gasteiger partial charge in [-0.05, 0) is 60.5 Å². The molecule has 0 aliphatic rings. The lowest BCUT2D eigenvalue weighted by Gasteiger charge is -2.10. The first-order valence-corrected chi connectivity index (χ1v) is 9.56. The highest BCUT2D eigenvalue weighted by Crippen LogP contribution is 2.26. The smallest absolute Gasteiger partial charge is 0.336 e. The second kappa shape index (κ2) is 9.86. The Kier molecular flexibility index (Phi) is 6.99. The summed E-state index contributed by atoms with van der Waals surface area (Å²) in [7, 11) is 0. The molecular weight excluding hydrogens is 423 g/mol. The summed E-state index contributed by atoms with van der Waals surface area (Å²) in [6, 6.07) is 15.6. The Morgan fingerprint density at radius 3 is 2.65 bits per heavy atom. The molecular formula is C23H18ClFN2O4. The van der Waals surface area contributed by atoms with Crippen molar-refractivity contribution in [2.45, 2.75) is 6.92 Å². The molecule has 0 fully saturated rings. The van der Waals surface area contributed by atoms with Crippen LogP contribution in [0.5, 0.6) is 5.75 Å². The number of aromatic carboxylic acids is 1. The maximum Gasteiger partial charge on any atom is 0.336 e. The normalized spacial score (nSPS) is 10.8. The Balaban J connectivity index is 1.64. The van der Waals surface area contributed by atoms with Crippen LogP contribution in [0.2, 0.25) is 5.02 Å². The van der Waals surface area contributed by atoms with Gasteiger partial charge in [-0.1, -0.05) is 29.8 Å². The molecule has 0 aromatic heterocycles. The summed E-state index contributed by atoms with van der Waals surface area (Å²) in [5, 5.41) is 11.9. The second-order valence-electron chi connectivity index (χ2n) is 6.52. The van der Waals surface area contributed by atoms with Crippen molar-refractivity contribution in [3.8, 4) is 5.75 Å². The molecule has 0 unspecified atom stereocenters. The van der Waals surface area contributed by atoms with Gasteiger partial charge < -0.3 is 15.2 Å². The number of aliphatic imine (C=N–C) groups is 1. The van der Waals surface area contributed by atoms with Gasteiger partial charge in [-0.3, -0.25) is 9.79 Å². The van der Waals surface area contributed by atoms with E-state index < -0.39 is 17.7 Å². The van der Waals surface area contributed by atoms with E-state index in [-0.39, 0.29) is 28.6 Å². The zero-order valence-electron chi connectivity index (χ0n) is 16.4. The van der Waals surface area contributed by atoms with Gasteiger partial charge in [0, 0.05) is 6.21 Å². The molecule has 31 heavy (non-hydrogen) atoms. The maximum atomic E-state index is 13.6. The number of amides is 1. The van der Waals surface area contributed by atoms with Crippen molar-refractivity contribution < 1.29 is 23.8 Å². The van der Waals surface area contributed by atoms with Crippen LogP contribution in [-0.4, -0.2) is 29.8 Å². The van der Waals surface area contributed by atoms with E-state index in [9.17, 15) is 19.1 Å². The first-order chi connectivity index (χ1) is 14.8. The van der Waals surface area contributed by atoms with Gasteiger partial charge in [0.2, 0.25) is 0 Å². The number of ether oxygens (including phenoxy) is 1. The number of nitrogens with zero attached hydrogens (tertiary/aromatic N) is 1. The van der Waals surface area contributed by atoms with Gasteiger partial charge >= 0.3 is 5.97 Å². The molecule has 0 saturated heterocycles. The fourth-order valence-corrected chi connectivity index (χ4v) is 2.99. The zero-order chi connectivity index (χ0) is 22.4. The number of para-hydroxylation sites is 1. The fourth-order valence-electron chi connectivity index (χ4n) is 2.75. The van der Waals surface area contributed by atoms with Crippen molar-refractivity contribution in [2.75, 3.05) is 11.9 Å². The number of carboxylic acid groups (broad SMARTS) is 1. The third-order valence-electron chi connectivity index (χ3n) is 4.35.